The van der Waals surface area contributed by atoms with E-state index in [1.54, 1.807) is 24.3 Å². The lowest BCUT2D eigenvalue weighted by Gasteiger charge is -2.07. The van der Waals surface area contributed by atoms with E-state index in [2.05, 4.69) is 27.4 Å². The second kappa shape index (κ2) is 9.33. The van der Waals surface area contributed by atoms with Gasteiger partial charge in [0, 0.05) is 28.0 Å². The summed E-state index contributed by atoms with van der Waals surface area (Å²) in [6, 6.07) is 10.6. The zero-order chi connectivity index (χ0) is 20.0. The smallest absolute Gasteiger partial charge is 0.349 e. The van der Waals surface area contributed by atoms with E-state index < -0.39 is 12.6 Å². The van der Waals surface area contributed by atoms with E-state index in [-0.39, 0.29) is 11.4 Å². The van der Waals surface area contributed by atoms with Crippen LogP contribution in [0.5, 0.6) is 0 Å². The molecule has 5 nitrogen and oxygen atoms in total. The van der Waals surface area contributed by atoms with Gasteiger partial charge in [-0.25, -0.2) is 4.79 Å². The fraction of sp³-hybridized carbons (Fsp3) is 0.286. The van der Waals surface area contributed by atoms with Gasteiger partial charge in [-0.1, -0.05) is 35.0 Å². The van der Waals surface area contributed by atoms with Crippen molar-refractivity contribution in [3.8, 4) is 6.07 Å². The van der Waals surface area contributed by atoms with Crippen molar-refractivity contribution in [1.82, 2.24) is 4.57 Å². The zero-order valence-electron chi connectivity index (χ0n) is 15.6. The van der Waals surface area contributed by atoms with Crippen molar-refractivity contribution in [2.75, 3.05) is 6.61 Å². The minimum absolute atomic E-state index is 0.129. The van der Waals surface area contributed by atoms with E-state index in [9.17, 15) is 14.9 Å². The van der Waals surface area contributed by atoms with E-state index >= 15 is 0 Å². The van der Waals surface area contributed by atoms with Crippen LogP contribution in [-0.2, 0) is 16.1 Å². The molecule has 1 aromatic heterocycles. The number of aryl methyl sites for hydroxylation is 1. The fourth-order valence-corrected chi connectivity index (χ4v) is 3.03. The number of nitriles is 1. The SMILES string of the molecule is CCCn1c(C)cc(/C=C(\C#N)C(=O)OCC(=O)c2ccc(Br)cc2)c1C. The van der Waals surface area contributed by atoms with Crippen LogP contribution in [0.1, 0.15) is 40.7 Å². The van der Waals surface area contributed by atoms with Crippen LogP contribution in [0.3, 0.4) is 0 Å². The van der Waals surface area contributed by atoms with Crippen LogP contribution < -0.4 is 0 Å². The van der Waals surface area contributed by atoms with Crippen molar-refractivity contribution in [3.63, 3.8) is 0 Å². The summed E-state index contributed by atoms with van der Waals surface area (Å²) >= 11 is 3.30. The Hall–Kier alpha value is -2.65. The Labute approximate surface area is 167 Å². The van der Waals surface area contributed by atoms with Crippen LogP contribution in [0.25, 0.3) is 6.08 Å². The van der Waals surface area contributed by atoms with Crippen LogP contribution in [0.2, 0.25) is 0 Å². The van der Waals surface area contributed by atoms with E-state index in [0.717, 1.165) is 34.4 Å². The van der Waals surface area contributed by atoms with Crippen molar-refractivity contribution in [1.29, 1.82) is 5.26 Å². The van der Waals surface area contributed by atoms with E-state index in [0.29, 0.717) is 5.56 Å². The molecule has 0 N–H and O–H groups in total. The van der Waals surface area contributed by atoms with Gasteiger partial charge in [0.1, 0.15) is 11.6 Å². The topological polar surface area (TPSA) is 72.1 Å². The van der Waals surface area contributed by atoms with Crippen molar-refractivity contribution in [3.05, 3.63) is 62.9 Å². The normalized spacial score (nSPS) is 11.1. The Balaban J connectivity index is 2.11. The average molecular weight is 429 g/mol. The number of halogens is 1. The third-order valence-corrected chi connectivity index (χ3v) is 4.73. The zero-order valence-corrected chi connectivity index (χ0v) is 17.2. The van der Waals surface area contributed by atoms with Crippen molar-refractivity contribution in [2.45, 2.75) is 33.7 Å². The summed E-state index contributed by atoms with van der Waals surface area (Å²) in [5.74, 6) is -1.13. The number of ether oxygens (including phenoxy) is 1. The highest BCUT2D eigenvalue weighted by atomic mass is 79.9. The summed E-state index contributed by atoms with van der Waals surface area (Å²) in [6.07, 6.45) is 2.51. The number of carbonyl (C=O) groups excluding carboxylic acids is 2. The van der Waals surface area contributed by atoms with E-state index in [1.165, 1.54) is 6.08 Å². The third kappa shape index (κ3) is 5.18. The van der Waals surface area contributed by atoms with Gasteiger partial charge in [-0.15, -0.1) is 0 Å². The maximum Gasteiger partial charge on any atom is 0.349 e. The summed E-state index contributed by atoms with van der Waals surface area (Å²) in [5.41, 5.74) is 3.16. The number of rotatable bonds is 7. The van der Waals surface area contributed by atoms with Gasteiger partial charge in [0.25, 0.3) is 0 Å². The molecule has 0 fully saturated rings. The van der Waals surface area contributed by atoms with Crippen LogP contribution in [0, 0.1) is 25.2 Å². The number of esters is 1. The first-order chi connectivity index (χ1) is 12.9. The van der Waals surface area contributed by atoms with E-state index in [4.69, 9.17) is 4.74 Å². The number of hydrogen-bond acceptors (Lipinski definition) is 4. The van der Waals surface area contributed by atoms with Crippen molar-refractivity contribution >= 4 is 33.8 Å². The Morgan fingerprint density at radius 2 is 1.93 bits per heavy atom. The minimum Gasteiger partial charge on any atom is -0.453 e. The molecule has 0 saturated carbocycles. The molecule has 6 heteroatoms. The quantitative estimate of drug-likeness (QED) is 0.279. The lowest BCUT2D eigenvalue weighted by molar-refractivity contribution is -0.137. The molecule has 0 aliphatic heterocycles. The minimum atomic E-state index is -0.803. The molecule has 0 aliphatic rings. The summed E-state index contributed by atoms with van der Waals surface area (Å²) in [4.78, 5) is 24.3. The predicted molar refractivity (Wildman–Crippen MR) is 107 cm³/mol. The molecule has 2 aromatic rings. The summed E-state index contributed by atoms with van der Waals surface area (Å²) in [5, 5.41) is 9.32. The monoisotopic (exact) mass is 428 g/mol. The second-order valence-corrected chi connectivity index (χ2v) is 7.07. The number of carbonyl (C=O) groups is 2. The molecule has 140 valence electrons. The lowest BCUT2D eigenvalue weighted by Crippen LogP contribution is -2.15. The van der Waals surface area contributed by atoms with Gasteiger partial charge in [-0.05, 0) is 50.1 Å². The van der Waals surface area contributed by atoms with Crippen molar-refractivity contribution in [2.24, 2.45) is 0 Å². The number of Topliss-reactive ketones (excluding diaryl/α,β-unsaturated/α-hetero) is 1. The predicted octanol–water partition coefficient (Wildman–Crippen LogP) is 4.61. The number of nitrogens with zero attached hydrogens (tertiary/aromatic N) is 2. The van der Waals surface area contributed by atoms with Gasteiger partial charge in [0.2, 0.25) is 0 Å². The van der Waals surface area contributed by atoms with Gasteiger partial charge in [0.15, 0.2) is 12.4 Å². The van der Waals surface area contributed by atoms with Gasteiger partial charge in [0.05, 0.1) is 0 Å². The molecule has 0 amide bonds. The molecule has 1 aromatic carbocycles. The summed E-state index contributed by atoms with van der Waals surface area (Å²) < 4.78 is 8.04. The highest BCUT2D eigenvalue weighted by molar-refractivity contribution is 9.10. The molecule has 2 rings (SSSR count). The second-order valence-electron chi connectivity index (χ2n) is 6.15. The molecular weight excluding hydrogens is 408 g/mol. The fourth-order valence-electron chi connectivity index (χ4n) is 2.76. The molecule has 0 atom stereocenters. The molecule has 0 bridgehead atoms. The van der Waals surface area contributed by atoms with E-state index in [1.807, 2.05) is 26.0 Å². The van der Waals surface area contributed by atoms with Gasteiger partial charge in [-0.2, -0.15) is 5.26 Å². The Morgan fingerprint density at radius 3 is 2.52 bits per heavy atom. The lowest BCUT2D eigenvalue weighted by atomic mass is 10.1. The summed E-state index contributed by atoms with van der Waals surface area (Å²) in [7, 11) is 0. The standard InChI is InChI=1S/C21H21BrN2O3/c1-4-9-24-14(2)10-17(15(24)3)11-18(12-23)21(26)27-13-20(25)16-5-7-19(22)8-6-16/h5-8,10-11H,4,9,13H2,1-3H3/b18-11+. The summed E-state index contributed by atoms with van der Waals surface area (Å²) in [6.45, 7) is 6.50. The van der Waals surface area contributed by atoms with Gasteiger partial charge in [-0.3, -0.25) is 4.79 Å². The maximum absolute atomic E-state index is 12.2. The first-order valence-corrected chi connectivity index (χ1v) is 9.41. The van der Waals surface area contributed by atoms with Crippen LogP contribution in [0.15, 0.2) is 40.4 Å². The van der Waals surface area contributed by atoms with Gasteiger partial charge < -0.3 is 9.30 Å². The number of benzene rings is 1. The number of ketones is 1. The molecule has 0 spiro atoms. The molecule has 27 heavy (non-hydrogen) atoms. The maximum atomic E-state index is 12.2. The van der Waals surface area contributed by atoms with Crippen LogP contribution in [-0.4, -0.2) is 22.9 Å². The highest BCUT2D eigenvalue weighted by Gasteiger charge is 2.16. The van der Waals surface area contributed by atoms with Gasteiger partial charge >= 0.3 is 5.97 Å². The van der Waals surface area contributed by atoms with Crippen molar-refractivity contribution < 1.29 is 14.3 Å². The molecule has 0 saturated heterocycles. The van der Waals surface area contributed by atoms with Crippen LogP contribution in [0.4, 0.5) is 0 Å². The molecular formula is C21H21BrN2O3. The first kappa shape index (κ1) is 20.7. The largest absolute Gasteiger partial charge is 0.453 e. The Morgan fingerprint density at radius 1 is 1.26 bits per heavy atom. The molecule has 1 heterocycles. The average Bonchev–Trinajstić information content (AvgIpc) is 2.92. The Bertz CT molecular complexity index is 918. The third-order valence-electron chi connectivity index (χ3n) is 4.20. The molecule has 0 unspecified atom stereocenters. The highest BCUT2D eigenvalue weighted by Crippen LogP contribution is 2.19. The number of hydrogen-bond donors (Lipinski definition) is 0. The molecule has 0 radical (unpaired) electrons. The first-order valence-electron chi connectivity index (χ1n) is 8.61. The number of aromatic nitrogens is 1. The molecule has 0 aliphatic carbocycles. The Kier molecular flexibility index (Phi) is 7.14. The van der Waals surface area contributed by atoms with Crippen LogP contribution >= 0.6 is 15.9 Å².